The fraction of sp³-hybridized carbons (Fsp3) is 0.529. The van der Waals surface area contributed by atoms with Crippen molar-refractivity contribution in [2.24, 2.45) is 0 Å². The molecule has 0 bridgehead atoms. The quantitative estimate of drug-likeness (QED) is 0.799. The summed E-state index contributed by atoms with van der Waals surface area (Å²) in [4.78, 5) is 26.3. The highest BCUT2D eigenvalue weighted by atomic mass is 16.5. The Morgan fingerprint density at radius 1 is 1.14 bits per heavy atom. The van der Waals surface area contributed by atoms with E-state index in [-0.39, 0.29) is 17.3 Å². The molecule has 0 atom stereocenters. The molecule has 1 heterocycles. The van der Waals surface area contributed by atoms with Crippen molar-refractivity contribution in [3.8, 4) is 0 Å². The molecule has 21 heavy (non-hydrogen) atoms. The molecule has 1 aromatic carbocycles. The van der Waals surface area contributed by atoms with Crippen LogP contribution in [-0.4, -0.2) is 36.5 Å². The summed E-state index contributed by atoms with van der Waals surface area (Å²) in [6.45, 7) is 3.95. The minimum Gasteiger partial charge on any atom is -0.462 e. The van der Waals surface area contributed by atoms with Gasteiger partial charge in [-0.3, -0.25) is 4.79 Å². The van der Waals surface area contributed by atoms with Crippen molar-refractivity contribution < 1.29 is 14.3 Å². The molecular weight excluding hydrogens is 266 g/mol. The maximum absolute atomic E-state index is 12.7. The van der Waals surface area contributed by atoms with E-state index >= 15 is 0 Å². The highest BCUT2D eigenvalue weighted by molar-refractivity contribution is 5.93. The second-order valence-corrected chi connectivity index (χ2v) is 5.88. The first-order valence-electron chi connectivity index (χ1n) is 7.74. The number of benzene rings is 1. The van der Waals surface area contributed by atoms with Crippen LogP contribution in [0.4, 0.5) is 0 Å². The Morgan fingerprint density at radius 2 is 1.76 bits per heavy atom. The van der Waals surface area contributed by atoms with Crippen molar-refractivity contribution in [1.82, 2.24) is 4.90 Å². The molecule has 112 valence electrons. The molecule has 1 saturated carbocycles. The molecule has 1 aliphatic heterocycles. The number of rotatable bonds is 4. The number of carbonyl (C=O) groups excluding carboxylic acids is 2. The number of nitrogens with zero attached hydrogens (tertiary/aromatic N) is 1. The van der Waals surface area contributed by atoms with Gasteiger partial charge in [0.05, 0.1) is 17.6 Å². The molecular formula is C17H21NO3. The summed E-state index contributed by atoms with van der Waals surface area (Å²) < 4.78 is 4.98. The normalized spacial score (nSPS) is 19.4. The predicted molar refractivity (Wildman–Crippen MR) is 79.1 cm³/mol. The molecule has 2 aliphatic rings. The van der Waals surface area contributed by atoms with Crippen molar-refractivity contribution in [3.05, 3.63) is 35.4 Å². The second-order valence-electron chi connectivity index (χ2n) is 5.88. The molecule has 1 amide bonds. The first kappa shape index (κ1) is 14.1. The van der Waals surface area contributed by atoms with E-state index in [1.807, 2.05) is 17.0 Å². The molecule has 0 N–H and O–H groups in total. The lowest BCUT2D eigenvalue weighted by atomic mass is 9.93. The molecule has 0 unspecified atom stereocenters. The van der Waals surface area contributed by atoms with Gasteiger partial charge in [-0.15, -0.1) is 0 Å². The third-order valence-corrected chi connectivity index (χ3v) is 4.50. The van der Waals surface area contributed by atoms with E-state index in [0.717, 1.165) is 44.3 Å². The van der Waals surface area contributed by atoms with Gasteiger partial charge in [0.2, 0.25) is 5.91 Å². The van der Waals surface area contributed by atoms with Crippen LogP contribution in [0.15, 0.2) is 24.3 Å². The van der Waals surface area contributed by atoms with Gasteiger partial charge >= 0.3 is 5.97 Å². The summed E-state index contributed by atoms with van der Waals surface area (Å²) >= 11 is 0. The van der Waals surface area contributed by atoms with Gasteiger partial charge in [-0.1, -0.05) is 12.1 Å². The van der Waals surface area contributed by atoms with E-state index in [4.69, 9.17) is 4.74 Å². The maximum atomic E-state index is 12.7. The number of hydrogen-bond donors (Lipinski definition) is 0. The first-order chi connectivity index (χ1) is 10.2. The number of esters is 1. The topological polar surface area (TPSA) is 46.6 Å². The second kappa shape index (κ2) is 5.51. The van der Waals surface area contributed by atoms with Gasteiger partial charge in [-0.05, 0) is 50.3 Å². The summed E-state index contributed by atoms with van der Waals surface area (Å²) in [5.41, 5.74) is 1.26. The first-order valence-corrected chi connectivity index (χ1v) is 7.74. The molecule has 1 saturated heterocycles. The van der Waals surface area contributed by atoms with E-state index in [2.05, 4.69) is 0 Å². The zero-order valence-corrected chi connectivity index (χ0v) is 12.4. The lowest BCUT2D eigenvalue weighted by Crippen LogP contribution is -2.37. The fourth-order valence-electron chi connectivity index (χ4n) is 3.11. The Bertz CT molecular complexity index is 540. The van der Waals surface area contributed by atoms with Gasteiger partial charge < -0.3 is 9.64 Å². The fourth-order valence-corrected chi connectivity index (χ4v) is 3.11. The third-order valence-electron chi connectivity index (χ3n) is 4.50. The summed E-state index contributed by atoms with van der Waals surface area (Å²) in [5.74, 6) is -0.0383. The number of likely N-dealkylation sites (tertiary alicyclic amines) is 1. The summed E-state index contributed by atoms with van der Waals surface area (Å²) in [6.07, 6.45) is 4.06. The van der Waals surface area contributed by atoms with Crippen LogP contribution < -0.4 is 0 Å². The van der Waals surface area contributed by atoms with Crippen molar-refractivity contribution in [2.75, 3.05) is 19.7 Å². The van der Waals surface area contributed by atoms with Crippen LogP contribution in [-0.2, 0) is 14.9 Å². The smallest absolute Gasteiger partial charge is 0.338 e. The van der Waals surface area contributed by atoms with Crippen LogP contribution in [0.1, 0.15) is 48.5 Å². The van der Waals surface area contributed by atoms with Crippen LogP contribution in [0.2, 0.25) is 0 Å². The van der Waals surface area contributed by atoms with Crippen molar-refractivity contribution >= 4 is 11.9 Å². The number of carbonyl (C=O) groups is 2. The predicted octanol–water partition coefficient (Wildman–Crippen LogP) is 2.52. The van der Waals surface area contributed by atoms with Crippen LogP contribution in [0.5, 0.6) is 0 Å². The Kier molecular flexibility index (Phi) is 3.70. The highest BCUT2D eigenvalue weighted by Gasteiger charge is 2.53. The lowest BCUT2D eigenvalue weighted by molar-refractivity contribution is -0.132. The van der Waals surface area contributed by atoms with Crippen LogP contribution in [0, 0.1) is 0 Å². The summed E-state index contributed by atoms with van der Waals surface area (Å²) in [6, 6.07) is 7.36. The monoisotopic (exact) mass is 287 g/mol. The standard InChI is InChI=1S/C17H21NO3/c1-2-21-15(19)13-5-7-14(8-6-13)17(9-10-17)16(20)18-11-3-4-12-18/h5-8H,2-4,9-12H2,1H3. The van der Waals surface area contributed by atoms with Gasteiger partial charge in [0, 0.05) is 13.1 Å². The lowest BCUT2D eigenvalue weighted by Gasteiger charge is -2.23. The van der Waals surface area contributed by atoms with Crippen molar-refractivity contribution in [3.63, 3.8) is 0 Å². The molecule has 4 heteroatoms. The van der Waals surface area contributed by atoms with Crippen LogP contribution >= 0.6 is 0 Å². The number of hydrogen-bond acceptors (Lipinski definition) is 3. The Balaban J connectivity index is 1.77. The Hall–Kier alpha value is -1.84. The van der Waals surface area contributed by atoms with E-state index in [0.29, 0.717) is 12.2 Å². The molecule has 2 fully saturated rings. The van der Waals surface area contributed by atoms with Crippen molar-refractivity contribution in [2.45, 2.75) is 38.0 Å². The van der Waals surface area contributed by atoms with Crippen LogP contribution in [0.25, 0.3) is 0 Å². The van der Waals surface area contributed by atoms with E-state index in [9.17, 15) is 9.59 Å². The molecule has 0 spiro atoms. The van der Waals surface area contributed by atoms with Gasteiger partial charge in [-0.25, -0.2) is 4.79 Å². The maximum Gasteiger partial charge on any atom is 0.338 e. The third kappa shape index (κ3) is 2.55. The van der Waals surface area contributed by atoms with Crippen LogP contribution in [0.3, 0.4) is 0 Å². The SMILES string of the molecule is CCOC(=O)c1ccc(C2(C(=O)N3CCCC3)CC2)cc1. The van der Waals surface area contributed by atoms with E-state index in [1.165, 1.54) is 0 Å². The van der Waals surface area contributed by atoms with E-state index < -0.39 is 0 Å². The molecule has 1 aromatic rings. The Labute approximate surface area is 125 Å². The average molecular weight is 287 g/mol. The Morgan fingerprint density at radius 3 is 2.29 bits per heavy atom. The van der Waals surface area contributed by atoms with Crippen molar-refractivity contribution in [1.29, 1.82) is 0 Å². The zero-order valence-electron chi connectivity index (χ0n) is 12.4. The highest BCUT2D eigenvalue weighted by Crippen LogP contribution is 2.50. The summed E-state index contributed by atoms with van der Waals surface area (Å²) in [7, 11) is 0. The minimum absolute atomic E-state index is 0.267. The largest absolute Gasteiger partial charge is 0.462 e. The van der Waals surface area contributed by atoms with Gasteiger partial charge in [-0.2, -0.15) is 0 Å². The van der Waals surface area contributed by atoms with Gasteiger partial charge in [0.25, 0.3) is 0 Å². The van der Waals surface area contributed by atoms with E-state index in [1.54, 1.807) is 19.1 Å². The summed E-state index contributed by atoms with van der Waals surface area (Å²) in [5, 5.41) is 0. The minimum atomic E-state index is -0.322. The number of amides is 1. The molecule has 0 aromatic heterocycles. The zero-order chi connectivity index (χ0) is 14.9. The molecule has 4 nitrogen and oxygen atoms in total. The number of ether oxygens (including phenoxy) is 1. The van der Waals surface area contributed by atoms with Gasteiger partial charge in [0.1, 0.15) is 0 Å². The average Bonchev–Trinajstić information content (AvgIpc) is 3.14. The molecule has 3 rings (SSSR count). The molecule has 0 radical (unpaired) electrons. The van der Waals surface area contributed by atoms with Gasteiger partial charge in [0.15, 0.2) is 0 Å². The molecule has 1 aliphatic carbocycles.